The first-order valence-corrected chi connectivity index (χ1v) is 7.25. The molecule has 100 valence electrons. The molecular weight excluding hydrogens is 214 g/mol. The zero-order chi connectivity index (χ0) is 12.1. The molecule has 0 aromatic heterocycles. The van der Waals surface area contributed by atoms with Gasteiger partial charge < -0.3 is 14.8 Å². The lowest BCUT2D eigenvalue weighted by molar-refractivity contribution is -0.149. The number of likely N-dealkylation sites (N-methyl/N-ethyl adjacent to an activating group) is 1. The van der Waals surface area contributed by atoms with Crippen molar-refractivity contribution in [3.63, 3.8) is 0 Å². The molecule has 1 aliphatic carbocycles. The van der Waals surface area contributed by atoms with Crippen LogP contribution in [0.1, 0.15) is 46.0 Å². The van der Waals surface area contributed by atoms with E-state index in [1.807, 2.05) is 0 Å². The molecule has 2 fully saturated rings. The Kier molecular flexibility index (Phi) is 4.83. The number of nitrogens with one attached hydrogen (secondary N) is 1. The number of hydrogen-bond donors (Lipinski definition) is 1. The maximum Gasteiger partial charge on any atom is 0.0685 e. The van der Waals surface area contributed by atoms with E-state index in [1.54, 1.807) is 0 Å². The molecule has 1 aliphatic heterocycles. The highest BCUT2D eigenvalue weighted by molar-refractivity contribution is 4.96. The van der Waals surface area contributed by atoms with Crippen molar-refractivity contribution in [2.75, 3.05) is 26.4 Å². The SMILES string of the molecule is CCNC(COCC)C1CCOC2(CCC2)C1. The average Bonchev–Trinajstić information content (AvgIpc) is 2.33. The molecule has 0 aromatic carbocycles. The lowest BCUT2D eigenvalue weighted by Gasteiger charge is -2.48. The normalized spacial score (nSPS) is 28.9. The van der Waals surface area contributed by atoms with E-state index in [-0.39, 0.29) is 5.60 Å². The highest BCUT2D eigenvalue weighted by Crippen LogP contribution is 2.44. The van der Waals surface area contributed by atoms with E-state index >= 15 is 0 Å². The first kappa shape index (κ1) is 13.3. The van der Waals surface area contributed by atoms with Gasteiger partial charge in [0.1, 0.15) is 0 Å². The van der Waals surface area contributed by atoms with E-state index in [0.29, 0.717) is 6.04 Å². The maximum absolute atomic E-state index is 6.00. The fraction of sp³-hybridized carbons (Fsp3) is 1.00. The molecule has 2 unspecified atom stereocenters. The van der Waals surface area contributed by atoms with Crippen molar-refractivity contribution in [2.45, 2.75) is 57.6 Å². The Bertz CT molecular complexity index is 228. The highest BCUT2D eigenvalue weighted by atomic mass is 16.5. The van der Waals surface area contributed by atoms with Crippen LogP contribution in [0.3, 0.4) is 0 Å². The zero-order valence-electron chi connectivity index (χ0n) is 11.3. The molecule has 17 heavy (non-hydrogen) atoms. The van der Waals surface area contributed by atoms with Crippen molar-refractivity contribution in [1.82, 2.24) is 5.32 Å². The predicted octanol–water partition coefficient (Wildman–Crippen LogP) is 2.35. The molecule has 2 atom stereocenters. The molecule has 3 heteroatoms. The lowest BCUT2D eigenvalue weighted by atomic mass is 9.70. The van der Waals surface area contributed by atoms with Gasteiger partial charge in [0.2, 0.25) is 0 Å². The van der Waals surface area contributed by atoms with E-state index in [1.165, 1.54) is 32.1 Å². The van der Waals surface area contributed by atoms with Crippen LogP contribution in [0.25, 0.3) is 0 Å². The smallest absolute Gasteiger partial charge is 0.0685 e. The molecule has 1 spiro atoms. The summed E-state index contributed by atoms with van der Waals surface area (Å²) in [7, 11) is 0. The summed E-state index contributed by atoms with van der Waals surface area (Å²) in [4.78, 5) is 0. The van der Waals surface area contributed by atoms with Crippen molar-refractivity contribution >= 4 is 0 Å². The monoisotopic (exact) mass is 241 g/mol. The Morgan fingerprint density at radius 1 is 1.41 bits per heavy atom. The summed E-state index contributed by atoms with van der Waals surface area (Å²) in [6, 6.07) is 0.515. The Balaban J connectivity index is 1.87. The summed E-state index contributed by atoms with van der Waals surface area (Å²) in [5.41, 5.74) is 0.253. The van der Waals surface area contributed by atoms with Gasteiger partial charge in [-0.15, -0.1) is 0 Å². The van der Waals surface area contributed by atoms with Gasteiger partial charge in [0, 0.05) is 19.3 Å². The molecule has 1 N–H and O–H groups in total. The molecule has 0 aromatic rings. The van der Waals surface area contributed by atoms with Crippen LogP contribution in [-0.4, -0.2) is 38.0 Å². The highest BCUT2D eigenvalue weighted by Gasteiger charge is 2.44. The van der Waals surface area contributed by atoms with Gasteiger partial charge in [0.15, 0.2) is 0 Å². The van der Waals surface area contributed by atoms with Crippen molar-refractivity contribution in [2.24, 2.45) is 5.92 Å². The summed E-state index contributed by atoms with van der Waals surface area (Å²) in [6.45, 7) is 7.89. The molecule has 1 saturated carbocycles. The standard InChI is InChI=1S/C14H27NO2/c1-3-15-13(11-16-4-2)12-6-9-17-14(10-12)7-5-8-14/h12-13,15H,3-11H2,1-2H3. The van der Waals surface area contributed by atoms with Crippen LogP contribution < -0.4 is 5.32 Å². The summed E-state index contributed by atoms with van der Waals surface area (Å²) < 4.78 is 11.6. The molecule has 0 amide bonds. The first-order chi connectivity index (χ1) is 8.29. The summed E-state index contributed by atoms with van der Waals surface area (Å²) in [6.07, 6.45) is 6.32. The van der Waals surface area contributed by atoms with Crippen LogP contribution in [0.2, 0.25) is 0 Å². The van der Waals surface area contributed by atoms with E-state index in [9.17, 15) is 0 Å². The van der Waals surface area contributed by atoms with E-state index in [2.05, 4.69) is 19.2 Å². The van der Waals surface area contributed by atoms with Crippen molar-refractivity contribution in [3.8, 4) is 0 Å². The Morgan fingerprint density at radius 3 is 2.82 bits per heavy atom. The third-order valence-corrected chi connectivity index (χ3v) is 4.33. The van der Waals surface area contributed by atoms with Crippen LogP contribution in [0.5, 0.6) is 0 Å². The van der Waals surface area contributed by atoms with Gasteiger partial charge in [-0.25, -0.2) is 0 Å². The molecule has 1 heterocycles. The predicted molar refractivity (Wildman–Crippen MR) is 69.2 cm³/mol. The second kappa shape index (κ2) is 6.17. The minimum absolute atomic E-state index is 0.253. The van der Waals surface area contributed by atoms with Gasteiger partial charge in [-0.1, -0.05) is 6.92 Å². The molecule has 0 bridgehead atoms. The summed E-state index contributed by atoms with van der Waals surface area (Å²) >= 11 is 0. The van der Waals surface area contributed by atoms with Crippen LogP contribution in [0, 0.1) is 5.92 Å². The fourth-order valence-electron chi connectivity index (χ4n) is 3.20. The van der Waals surface area contributed by atoms with Crippen LogP contribution in [-0.2, 0) is 9.47 Å². The van der Waals surface area contributed by atoms with Crippen LogP contribution in [0.4, 0.5) is 0 Å². The van der Waals surface area contributed by atoms with Crippen molar-refractivity contribution in [1.29, 1.82) is 0 Å². The van der Waals surface area contributed by atoms with Gasteiger partial charge >= 0.3 is 0 Å². The van der Waals surface area contributed by atoms with Gasteiger partial charge in [0.25, 0.3) is 0 Å². The quantitative estimate of drug-likeness (QED) is 0.774. The number of ether oxygens (including phenoxy) is 2. The van der Waals surface area contributed by atoms with Gasteiger partial charge in [-0.05, 0) is 51.5 Å². The Morgan fingerprint density at radius 2 is 2.24 bits per heavy atom. The molecular formula is C14H27NO2. The summed E-state index contributed by atoms with van der Waals surface area (Å²) in [5.74, 6) is 0.732. The van der Waals surface area contributed by atoms with Crippen LogP contribution in [0.15, 0.2) is 0 Å². The minimum atomic E-state index is 0.253. The van der Waals surface area contributed by atoms with E-state index < -0.39 is 0 Å². The lowest BCUT2D eigenvalue weighted by Crippen LogP contribution is -2.51. The fourth-order valence-corrected chi connectivity index (χ4v) is 3.20. The molecule has 0 radical (unpaired) electrons. The Hall–Kier alpha value is -0.120. The second-order valence-electron chi connectivity index (χ2n) is 5.46. The average molecular weight is 241 g/mol. The van der Waals surface area contributed by atoms with Gasteiger partial charge in [-0.3, -0.25) is 0 Å². The summed E-state index contributed by atoms with van der Waals surface area (Å²) in [5, 5.41) is 3.59. The number of rotatable bonds is 6. The third-order valence-electron chi connectivity index (χ3n) is 4.33. The first-order valence-electron chi connectivity index (χ1n) is 7.25. The third kappa shape index (κ3) is 3.21. The zero-order valence-corrected chi connectivity index (χ0v) is 11.3. The molecule has 1 saturated heterocycles. The topological polar surface area (TPSA) is 30.5 Å². The van der Waals surface area contributed by atoms with Crippen molar-refractivity contribution < 1.29 is 9.47 Å². The Labute approximate surface area is 105 Å². The van der Waals surface area contributed by atoms with Gasteiger partial charge in [-0.2, -0.15) is 0 Å². The van der Waals surface area contributed by atoms with Gasteiger partial charge in [0.05, 0.1) is 12.2 Å². The van der Waals surface area contributed by atoms with E-state index in [0.717, 1.165) is 32.3 Å². The largest absolute Gasteiger partial charge is 0.380 e. The van der Waals surface area contributed by atoms with E-state index in [4.69, 9.17) is 9.47 Å². The number of hydrogen-bond acceptors (Lipinski definition) is 3. The second-order valence-corrected chi connectivity index (χ2v) is 5.46. The molecule has 3 nitrogen and oxygen atoms in total. The van der Waals surface area contributed by atoms with Crippen LogP contribution >= 0.6 is 0 Å². The minimum Gasteiger partial charge on any atom is -0.380 e. The van der Waals surface area contributed by atoms with Crippen molar-refractivity contribution in [3.05, 3.63) is 0 Å². The molecule has 2 rings (SSSR count). The molecule has 2 aliphatic rings. The maximum atomic E-state index is 6.00.